The Morgan fingerprint density at radius 2 is 1.62 bits per heavy atom. The number of likely N-dealkylation sites (tertiary alicyclic amines) is 2. The van der Waals surface area contributed by atoms with Gasteiger partial charge in [-0.1, -0.05) is 24.3 Å². The molecule has 2 saturated heterocycles. The van der Waals surface area contributed by atoms with Gasteiger partial charge in [0.2, 0.25) is 11.8 Å². The highest BCUT2D eigenvalue weighted by Gasteiger charge is 2.59. The molecule has 1 spiro atoms. The lowest BCUT2D eigenvalue weighted by atomic mass is 9.90. The number of benzene rings is 1. The maximum absolute atomic E-state index is 12.9. The first-order chi connectivity index (χ1) is 14.1. The number of hydrogen-bond acceptors (Lipinski definition) is 3. The zero-order valence-electron chi connectivity index (χ0n) is 17.4. The molecule has 2 amide bonds. The smallest absolute Gasteiger partial charge is 0.237 e. The van der Waals surface area contributed by atoms with Gasteiger partial charge in [0.15, 0.2) is 0 Å². The van der Waals surface area contributed by atoms with Crippen molar-refractivity contribution in [1.82, 2.24) is 14.7 Å². The van der Waals surface area contributed by atoms with Crippen molar-refractivity contribution < 1.29 is 9.59 Å². The third kappa shape index (κ3) is 3.81. The first-order valence-electron chi connectivity index (χ1n) is 11.5. The normalized spacial score (nSPS) is 26.3. The fraction of sp³-hybridized carbons (Fsp3) is 0.667. The van der Waals surface area contributed by atoms with Crippen LogP contribution in [0.4, 0.5) is 0 Å². The maximum Gasteiger partial charge on any atom is 0.237 e. The Labute approximate surface area is 174 Å². The van der Waals surface area contributed by atoms with Gasteiger partial charge >= 0.3 is 0 Å². The molecule has 5 nitrogen and oxygen atoms in total. The van der Waals surface area contributed by atoms with Crippen molar-refractivity contribution >= 4 is 11.8 Å². The molecule has 1 aliphatic carbocycles. The summed E-state index contributed by atoms with van der Waals surface area (Å²) >= 11 is 0. The molecule has 1 aromatic carbocycles. The first kappa shape index (κ1) is 19.1. The van der Waals surface area contributed by atoms with E-state index in [0.717, 1.165) is 65.0 Å². The molecule has 156 valence electrons. The molecule has 3 fully saturated rings. The van der Waals surface area contributed by atoms with Crippen molar-refractivity contribution in [3.63, 3.8) is 0 Å². The van der Waals surface area contributed by atoms with E-state index in [0.29, 0.717) is 12.5 Å². The average Bonchev–Trinajstić information content (AvgIpc) is 3.48. The largest absolute Gasteiger partial charge is 0.342 e. The molecule has 29 heavy (non-hydrogen) atoms. The van der Waals surface area contributed by atoms with Gasteiger partial charge in [-0.15, -0.1) is 0 Å². The van der Waals surface area contributed by atoms with E-state index >= 15 is 0 Å². The molecule has 0 N–H and O–H groups in total. The summed E-state index contributed by atoms with van der Waals surface area (Å²) in [5.41, 5.74) is 2.93. The van der Waals surface area contributed by atoms with Crippen molar-refractivity contribution in [3.05, 3.63) is 35.4 Å². The van der Waals surface area contributed by atoms with E-state index in [4.69, 9.17) is 0 Å². The average molecular weight is 396 g/mol. The van der Waals surface area contributed by atoms with Crippen molar-refractivity contribution in [2.45, 2.75) is 51.5 Å². The van der Waals surface area contributed by atoms with Crippen LogP contribution in [-0.4, -0.2) is 65.8 Å². The van der Waals surface area contributed by atoms with Crippen LogP contribution in [0.1, 0.15) is 49.7 Å². The van der Waals surface area contributed by atoms with Crippen LogP contribution in [0, 0.1) is 11.3 Å². The summed E-state index contributed by atoms with van der Waals surface area (Å²) in [4.78, 5) is 32.2. The summed E-state index contributed by atoms with van der Waals surface area (Å²) in [6.07, 6.45) is 7.80. The second kappa shape index (κ2) is 7.75. The summed E-state index contributed by atoms with van der Waals surface area (Å²) in [5, 5.41) is 0. The number of piperidine rings is 2. The number of carbonyl (C=O) groups is 2. The fourth-order valence-electron chi connectivity index (χ4n) is 5.74. The van der Waals surface area contributed by atoms with Gasteiger partial charge in [-0.05, 0) is 74.6 Å². The van der Waals surface area contributed by atoms with Gasteiger partial charge in [0.1, 0.15) is 0 Å². The van der Waals surface area contributed by atoms with Gasteiger partial charge in [0, 0.05) is 32.1 Å². The van der Waals surface area contributed by atoms with Crippen LogP contribution < -0.4 is 0 Å². The van der Waals surface area contributed by atoms with E-state index in [1.807, 2.05) is 4.90 Å². The van der Waals surface area contributed by atoms with Gasteiger partial charge in [0.25, 0.3) is 0 Å². The molecule has 3 aliphatic heterocycles. The Bertz CT molecular complexity index is 778. The third-order valence-corrected chi connectivity index (χ3v) is 7.85. The van der Waals surface area contributed by atoms with Gasteiger partial charge in [-0.3, -0.25) is 14.5 Å². The Morgan fingerprint density at radius 3 is 2.38 bits per heavy atom. The molecule has 1 saturated carbocycles. The second-order valence-corrected chi connectivity index (χ2v) is 9.62. The van der Waals surface area contributed by atoms with E-state index in [1.165, 1.54) is 30.4 Å². The molecule has 0 radical (unpaired) electrons. The highest BCUT2D eigenvalue weighted by atomic mass is 16.2. The van der Waals surface area contributed by atoms with E-state index < -0.39 is 0 Å². The quantitative estimate of drug-likeness (QED) is 0.790. The number of nitrogens with zero attached hydrogens (tertiary/aromatic N) is 3. The number of rotatable bonds is 3. The lowest BCUT2D eigenvalue weighted by molar-refractivity contribution is -0.136. The molecule has 5 rings (SSSR count). The van der Waals surface area contributed by atoms with Crippen LogP contribution in [0.5, 0.6) is 0 Å². The minimum Gasteiger partial charge on any atom is -0.342 e. The van der Waals surface area contributed by atoms with E-state index in [-0.39, 0.29) is 17.2 Å². The van der Waals surface area contributed by atoms with Gasteiger partial charge in [-0.25, -0.2) is 0 Å². The molecule has 1 atom stereocenters. The summed E-state index contributed by atoms with van der Waals surface area (Å²) in [7, 11) is 0. The first-order valence-corrected chi connectivity index (χ1v) is 11.5. The van der Waals surface area contributed by atoms with Crippen LogP contribution >= 0.6 is 0 Å². The monoisotopic (exact) mass is 395 g/mol. The Morgan fingerprint density at radius 1 is 0.897 bits per heavy atom. The standard InChI is InChI=1S/C24H33N3O2/c28-22(27-13-8-19-6-2-3-7-20(19)17-27)18-25-14-9-24(10-15-25)16-21(24)23(29)26-11-4-1-5-12-26/h2-3,6-7,21H,1,4-5,8-18H2. The van der Waals surface area contributed by atoms with Crippen molar-refractivity contribution in [3.8, 4) is 0 Å². The Balaban J connectivity index is 1.10. The predicted molar refractivity (Wildman–Crippen MR) is 112 cm³/mol. The SMILES string of the molecule is O=C(CN1CCC2(CC1)CC2C(=O)N1CCCCC1)N1CCc2ccccc2C1. The lowest BCUT2D eigenvalue weighted by Crippen LogP contribution is -2.46. The van der Waals surface area contributed by atoms with E-state index in [9.17, 15) is 9.59 Å². The predicted octanol–water partition coefficient (Wildman–Crippen LogP) is 2.69. The number of amides is 2. The van der Waals surface area contributed by atoms with Crippen molar-refractivity contribution in [2.24, 2.45) is 11.3 Å². The molecular formula is C24H33N3O2. The summed E-state index contributed by atoms with van der Waals surface area (Å²) in [6.45, 7) is 5.96. The molecule has 1 unspecified atom stereocenters. The molecule has 5 heteroatoms. The van der Waals surface area contributed by atoms with E-state index in [1.54, 1.807) is 0 Å². The van der Waals surface area contributed by atoms with Crippen molar-refractivity contribution in [1.29, 1.82) is 0 Å². The maximum atomic E-state index is 12.9. The number of carbonyl (C=O) groups excluding carboxylic acids is 2. The third-order valence-electron chi connectivity index (χ3n) is 7.85. The van der Waals surface area contributed by atoms with Crippen LogP contribution in [0.15, 0.2) is 24.3 Å². The number of hydrogen-bond donors (Lipinski definition) is 0. The topological polar surface area (TPSA) is 43.9 Å². The van der Waals surface area contributed by atoms with Crippen LogP contribution in [0.25, 0.3) is 0 Å². The zero-order valence-corrected chi connectivity index (χ0v) is 17.4. The Kier molecular flexibility index (Phi) is 5.10. The Hall–Kier alpha value is -1.88. The molecule has 4 aliphatic rings. The summed E-state index contributed by atoms with van der Waals surface area (Å²) < 4.78 is 0. The van der Waals surface area contributed by atoms with E-state index in [2.05, 4.69) is 34.1 Å². The summed E-state index contributed by atoms with van der Waals surface area (Å²) in [5.74, 6) is 0.936. The molecular weight excluding hydrogens is 362 g/mol. The van der Waals surface area contributed by atoms with Crippen LogP contribution in [-0.2, 0) is 22.6 Å². The fourth-order valence-corrected chi connectivity index (χ4v) is 5.74. The van der Waals surface area contributed by atoms with Gasteiger partial charge in [-0.2, -0.15) is 0 Å². The molecule has 0 aromatic heterocycles. The number of fused-ring (bicyclic) bond motifs is 1. The van der Waals surface area contributed by atoms with Gasteiger partial charge in [0.05, 0.1) is 6.54 Å². The summed E-state index contributed by atoms with van der Waals surface area (Å²) in [6, 6.07) is 8.47. The lowest BCUT2D eigenvalue weighted by Gasteiger charge is -2.35. The highest BCUT2D eigenvalue weighted by Crippen LogP contribution is 2.60. The second-order valence-electron chi connectivity index (χ2n) is 9.62. The molecule has 3 heterocycles. The molecule has 1 aromatic rings. The highest BCUT2D eigenvalue weighted by molar-refractivity contribution is 5.83. The van der Waals surface area contributed by atoms with Crippen molar-refractivity contribution in [2.75, 3.05) is 39.3 Å². The van der Waals surface area contributed by atoms with Crippen LogP contribution in [0.2, 0.25) is 0 Å². The minimum absolute atomic E-state index is 0.248. The van der Waals surface area contributed by atoms with Crippen LogP contribution in [0.3, 0.4) is 0 Å². The van der Waals surface area contributed by atoms with Gasteiger partial charge < -0.3 is 9.80 Å². The molecule has 0 bridgehead atoms. The minimum atomic E-state index is 0.248. The zero-order chi connectivity index (χ0) is 19.8.